The summed E-state index contributed by atoms with van der Waals surface area (Å²) in [6, 6.07) is 0. The lowest BCUT2D eigenvalue weighted by Gasteiger charge is -2.39. The van der Waals surface area contributed by atoms with Crippen molar-refractivity contribution in [3.63, 3.8) is 0 Å². The predicted molar refractivity (Wildman–Crippen MR) is 70.9 cm³/mol. The minimum Gasteiger partial charge on any atom is -0.481 e. The topological polar surface area (TPSA) is 78.9 Å². The third-order valence-corrected chi connectivity index (χ3v) is 3.82. The van der Waals surface area contributed by atoms with Crippen molar-refractivity contribution >= 4 is 11.9 Å². The van der Waals surface area contributed by atoms with Crippen LogP contribution in [-0.2, 0) is 14.3 Å². The maximum atomic E-state index is 12.0. The van der Waals surface area contributed by atoms with Crippen LogP contribution in [0.15, 0.2) is 0 Å². The molecule has 0 spiro atoms. The molecule has 1 fully saturated rings. The number of hydrogen-bond donors (Lipinski definition) is 2. The fourth-order valence-electron chi connectivity index (χ4n) is 2.44. The number of carbonyl (C=O) groups excluding carboxylic acids is 1. The highest BCUT2D eigenvalue weighted by atomic mass is 16.5. The molecular weight excluding hydrogens is 248 g/mol. The number of amides is 1. The molecule has 0 saturated carbocycles. The maximum Gasteiger partial charge on any atom is 0.311 e. The molecule has 0 aromatic rings. The van der Waals surface area contributed by atoms with Gasteiger partial charge in [-0.25, -0.2) is 0 Å². The second kappa shape index (κ2) is 7.45. The summed E-state index contributed by atoms with van der Waals surface area (Å²) in [5.74, 6) is -0.824. The fourth-order valence-corrected chi connectivity index (χ4v) is 2.44. The first-order chi connectivity index (χ1) is 9.05. The van der Waals surface area contributed by atoms with Crippen molar-refractivity contribution in [2.45, 2.75) is 26.2 Å². The lowest BCUT2D eigenvalue weighted by molar-refractivity contribution is -0.155. The van der Waals surface area contributed by atoms with Crippen LogP contribution in [0.4, 0.5) is 0 Å². The molecule has 1 aliphatic heterocycles. The van der Waals surface area contributed by atoms with E-state index < -0.39 is 11.4 Å². The van der Waals surface area contributed by atoms with E-state index in [0.29, 0.717) is 39.1 Å². The van der Waals surface area contributed by atoms with Crippen molar-refractivity contribution in [2.75, 3.05) is 39.9 Å². The van der Waals surface area contributed by atoms with Crippen LogP contribution in [0.5, 0.6) is 0 Å². The zero-order chi connectivity index (χ0) is 14.3. The lowest BCUT2D eigenvalue weighted by Crippen LogP contribution is -2.51. The Labute approximate surface area is 114 Å². The van der Waals surface area contributed by atoms with E-state index in [4.69, 9.17) is 4.74 Å². The number of nitrogens with one attached hydrogen (secondary N) is 1. The Kier molecular flexibility index (Phi) is 6.24. The van der Waals surface area contributed by atoms with E-state index in [0.717, 1.165) is 6.42 Å². The van der Waals surface area contributed by atoms with E-state index >= 15 is 0 Å². The van der Waals surface area contributed by atoms with Crippen molar-refractivity contribution in [2.24, 2.45) is 5.41 Å². The first-order valence-corrected chi connectivity index (χ1v) is 6.76. The molecule has 1 heterocycles. The number of piperidine rings is 1. The molecule has 110 valence electrons. The first-order valence-electron chi connectivity index (χ1n) is 6.76. The second-order valence-corrected chi connectivity index (χ2v) is 5.03. The third-order valence-electron chi connectivity index (χ3n) is 3.82. The molecule has 0 aromatic heterocycles. The van der Waals surface area contributed by atoms with Gasteiger partial charge >= 0.3 is 5.97 Å². The fraction of sp³-hybridized carbons (Fsp3) is 0.846. The Bertz CT molecular complexity index is 322. The smallest absolute Gasteiger partial charge is 0.311 e. The normalized spacial score (nSPS) is 23.4. The molecule has 1 amide bonds. The van der Waals surface area contributed by atoms with Crippen LogP contribution in [0.1, 0.15) is 26.2 Å². The van der Waals surface area contributed by atoms with Gasteiger partial charge in [0.05, 0.1) is 18.6 Å². The van der Waals surface area contributed by atoms with E-state index in [2.05, 4.69) is 5.32 Å². The predicted octanol–water partition coefficient (Wildman–Crippen LogP) is 0.326. The molecule has 1 aliphatic rings. The summed E-state index contributed by atoms with van der Waals surface area (Å²) in [5, 5.41) is 12.4. The molecule has 1 saturated heterocycles. The Morgan fingerprint density at radius 3 is 2.79 bits per heavy atom. The summed E-state index contributed by atoms with van der Waals surface area (Å²) in [7, 11) is 1.61. The van der Waals surface area contributed by atoms with Crippen molar-refractivity contribution in [3.8, 4) is 0 Å². The molecule has 6 heteroatoms. The minimum atomic E-state index is -0.792. The molecule has 0 bridgehead atoms. The van der Waals surface area contributed by atoms with Gasteiger partial charge in [0.25, 0.3) is 0 Å². The molecule has 0 aliphatic carbocycles. The molecule has 1 unspecified atom stereocenters. The van der Waals surface area contributed by atoms with Gasteiger partial charge in [-0.3, -0.25) is 9.59 Å². The summed E-state index contributed by atoms with van der Waals surface area (Å²) in [5.41, 5.74) is -0.763. The number of rotatable bonds is 7. The van der Waals surface area contributed by atoms with Crippen LogP contribution in [0.3, 0.4) is 0 Å². The summed E-state index contributed by atoms with van der Waals surface area (Å²) in [6.07, 6.45) is 1.97. The molecule has 0 radical (unpaired) electrons. The minimum absolute atomic E-state index is 0.0325. The number of aliphatic carboxylic acids is 1. The SMILES string of the molecule is CCC1(C(=O)O)CCCN(C(=O)CNCCOC)C1. The van der Waals surface area contributed by atoms with Crippen LogP contribution < -0.4 is 5.32 Å². The van der Waals surface area contributed by atoms with E-state index in [-0.39, 0.29) is 12.5 Å². The van der Waals surface area contributed by atoms with Crippen molar-refractivity contribution in [3.05, 3.63) is 0 Å². The molecule has 1 atom stereocenters. The van der Waals surface area contributed by atoms with E-state index in [9.17, 15) is 14.7 Å². The molecule has 0 aromatic carbocycles. The van der Waals surface area contributed by atoms with Crippen molar-refractivity contribution < 1.29 is 19.4 Å². The van der Waals surface area contributed by atoms with Gasteiger partial charge in [-0.15, -0.1) is 0 Å². The van der Waals surface area contributed by atoms with Crippen LogP contribution in [0.2, 0.25) is 0 Å². The molecule has 1 rings (SSSR count). The summed E-state index contributed by atoms with van der Waals surface area (Å²) in [4.78, 5) is 25.1. The Morgan fingerprint density at radius 2 is 2.21 bits per heavy atom. The van der Waals surface area contributed by atoms with Gasteiger partial charge in [0, 0.05) is 26.7 Å². The van der Waals surface area contributed by atoms with E-state index in [1.807, 2.05) is 6.92 Å². The number of carboxylic acids is 1. The Balaban J connectivity index is 2.49. The maximum absolute atomic E-state index is 12.0. The highest BCUT2D eigenvalue weighted by Gasteiger charge is 2.41. The van der Waals surface area contributed by atoms with Gasteiger partial charge in [0.1, 0.15) is 0 Å². The standard InChI is InChI=1S/C13H24N2O4/c1-3-13(12(17)18)5-4-7-15(10-13)11(16)9-14-6-8-19-2/h14H,3-10H2,1-2H3,(H,17,18). The average Bonchev–Trinajstić information content (AvgIpc) is 2.43. The number of nitrogens with zero attached hydrogens (tertiary/aromatic N) is 1. The first kappa shape index (κ1) is 15.9. The zero-order valence-electron chi connectivity index (χ0n) is 11.8. The number of likely N-dealkylation sites (tertiary alicyclic amines) is 1. The highest BCUT2D eigenvalue weighted by Crippen LogP contribution is 2.33. The van der Waals surface area contributed by atoms with Crippen LogP contribution >= 0.6 is 0 Å². The number of carbonyl (C=O) groups is 2. The van der Waals surface area contributed by atoms with Gasteiger partial charge in [0.15, 0.2) is 0 Å². The lowest BCUT2D eigenvalue weighted by atomic mass is 9.77. The summed E-state index contributed by atoms with van der Waals surface area (Å²) >= 11 is 0. The number of hydrogen-bond acceptors (Lipinski definition) is 4. The molecule has 6 nitrogen and oxygen atoms in total. The monoisotopic (exact) mass is 272 g/mol. The van der Waals surface area contributed by atoms with E-state index in [1.54, 1.807) is 12.0 Å². The van der Waals surface area contributed by atoms with Crippen LogP contribution in [0, 0.1) is 5.41 Å². The third kappa shape index (κ3) is 4.18. The van der Waals surface area contributed by atoms with Crippen LogP contribution in [-0.4, -0.2) is 61.8 Å². The molecule has 19 heavy (non-hydrogen) atoms. The number of carboxylic acid groups (broad SMARTS) is 1. The summed E-state index contributed by atoms with van der Waals surface area (Å²) < 4.78 is 4.89. The van der Waals surface area contributed by atoms with Gasteiger partial charge in [-0.05, 0) is 19.3 Å². The van der Waals surface area contributed by atoms with Crippen molar-refractivity contribution in [1.29, 1.82) is 0 Å². The van der Waals surface area contributed by atoms with Gasteiger partial charge in [-0.2, -0.15) is 0 Å². The van der Waals surface area contributed by atoms with Gasteiger partial charge in [0.2, 0.25) is 5.91 Å². The molecule has 2 N–H and O–H groups in total. The second-order valence-electron chi connectivity index (χ2n) is 5.03. The Hall–Kier alpha value is -1.14. The van der Waals surface area contributed by atoms with Crippen LogP contribution in [0.25, 0.3) is 0 Å². The average molecular weight is 272 g/mol. The number of ether oxygens (including phenoxy) is 1. The molecular formula is C13H24N2O4. The van der Waals surface area contributed by atoms with E-state index in [1.165, 1.54) is 0 Å². The summed E-state index contributed by atoms with van der Waals surface area (Å²) in [6.45, 7) is 4.26. The zero-order valence-corrected chi connectivity index (χ0v) is 11.8. The number of methoxy groups -OCH3 is 1. The highest BCUT2D eigenvalue weighted by molar-refractivity contribution is 5.81. The Morgan fingerprint density at radius 1 is 1.47 bits per heavy atom. The van der Waals surface area contributed by atoms with Gasteiger partial charge in [-0.1, -0.05) is 6.92 Å². The van der Waals surface area contributed by atoms with Crippen molar-refractivity contribution in [1.82, 2.24) is 10.2 Å². The largest absolute Gasteiger partial charge is 0.481 e. The quantitative estimate of drug-likeness (QED) is 0.653. The van der Waals surface area contributed by atoms with Gasteiger partial charge < -0.3 is 20.1 Å².